The molecule has 2 aromatic carbocycles. The Hall–Kier alpha value is -1.64. The van der Waals surface area contributed by atoms with Crippen molar-refractivity contribution in [2.45, 2.75) is 31.8 Å². The summed E-state index contributed by atoms with van der Waals surface area (Å²) in [6.45, 7) is 3.78. The Balaban J connectivity index is 1.79. The number of nitrogens with zero attached hydrogens (tertiary/aromatic N) is 1. The number of benzene rings is 2. The molecule has 21 heavy (non-hydrogen) atoms. The SMILES string of the molecule is Cc1ccc(CN(C)C2(CN)Cc3ccccc3C2)cc1. The van der Waals surface area contributed by atoms with Gasteiger partial charge in [0.2, 0.25) is 0 Å². The summed E-state index contributed by atoms with van der Waals surface area (Å²) in [6.07, 6.45) is 2.12. The van der Waals surface area contributed by atoms with Gasteiger partial charge in [0, 0.05) is 18.6 Å². The molecule has 0 saturated carbocycles. The van der Waals surface area contributed by atoms with Gasteiger partial charge in [-0.15, -0.1) is 0 Å². The third-order valence-electron chi connectivity index (χ3n) is 4.89. The first kappa shape index (κ1) is 14.3. The van der Waals surface area contributed by atoms with E-state index >= 15 is 0 Å². The third kappa shape index (κ3) is 2.74. The molecule has 2 nitrogen and oxygen atoms in total. The van der Waals surface area contributed by atoms with Gasteiger partial charge in [-0.05, 0) is 43.5 Å². The first-order valence-electron chi connectivity index (χ1n) is 7.67. The molecule has 0 unspecified atom stereocenters. The second-order valence-electron chi connectivity index (χ2n) is 6.39. The van der Waals surface area contributed by atoms with Crippen LogP contribution in [0.25, 0.3) is 0 Å². The lowest BCUT2D eigenvalue weighted by molar-refractivity contribution is 0.127. The minimum Gasteiger partial charge on any atom is -0.329 e. The zero-order valence-electron chi connectivity index (χ0n) is 13.0. The highest BCUT2D eigenvalue weighted by Gasteiger charge is 2.39. The number of hydrogen-bond donors (Lipinski definition) is 1. The second-order valence-corrected chi connectivity index (χ2v) is 6.39. The van der Waals surface area contributed by atoms with Crippen molar-refractivity contribution < 1.29 is 0 Å². The summed E-state index contributed by atoms with van der Waals surface area (Å²) >= 11 is 0. The van der Waals surface area contributed by atoms with E-state index in [2.05, 4.69) is 67.4 Å². The van der Waals surface area contributed by atoms with Crippen molar-refractivity contribution in [2.75, 3.05) is 13.6 Å². The van der Waals surface area contributed by atoms with Crippen LogP contribution in [-0.4, -0.2) is 24.0 Å². The zero-order chi connectivity index (χ0) is 14.9. The molecule has 0 spiro atoms. The van der Waals surface area contributed by atoms with E-state index in [4.69, 9.17) is 5.73 Å². The zero-order valence-corrected chi connectivity index (χ0v) is 13.0. The summed E-state index contributed by atoms with van der Waals surface area (Å²) in [5.74, 6) is 0. The number of rotatable bonds is 4. The van der Waals surface area contributed by atoms with Crippen molar-refractivity contribution in [3.63, 3.8) is 0 Å². The Bertz CT molecular complexity index is 591. The average molecular weight is 280 g/mol. The van der Waals surface area contributed by atoms with Crippen LogP contribution in [0.2, 0.25) is 0 Å². The number of nitrogens with two attached hydrogens (primary N) is 1. The molecular weight excluding hydrogens is 256 g/mol. The smallest absolute Gasteiger partial charge is 0.0412 e. The Kier molecular flexibility index (Phi) is 3.83. The summed E-state index contributed by atoms with van der Waals surface area (Å²) in [5, 5.41) is 0. The minimum atomic E-state index is 0.0641. The second kappa shape index (κ2) is 5.63. The summed E-state index contributed by atoms with van der Waals surface area (Å²) in [5.41, 5.74) is 11.8. The van der Waals surface area contributed by atoms with Crippen molar-refractivity contribution in [3.8, 4) is 0 Å². The molecule has 2 N–H and O–H groups in total. The van der Waals surface area contributed by atoms with E-state index in [9.17, 15) is 0 Å². The van der Waals surface area contributed by atoms with Crippen LogP contribution in [0.4, 0.5) is 0 Å². The molecule has 1 aliphatic carbocycles. The number of fused-ring (bicyclic) bond motifs is 1. The molecule has 0 bridgehead atoms. The van der Waals surface area contributed by atoms with Crippen LogP contribution < -0.4 is 5.73 Å². The van der Waals surface area contributed by atoms with Gasteiger partial charge in [0.25, 0.3) is 0 Å². The molecule has 0 fully saturated rings. The average Bonchev–Trinajstić information content (AvgIpc) is 2.89. The van der Waals surface area contributed by atoms with Crippen LogP contribution in [-0.2, 0) is 19.4 Å². The Labute approximate surface area is 127 Å². The first-order chi connectivity index (χ1) is 10.1. The molecule has 0 radical (unpaired) electrons. The molecule has 0 heterocycles. The van der Waals surface area contributed by atoms with Gasteiger partial charge in [-0.2, -0.15) is 0 Å². The van der Waals surface area contributed by atoms with Gasteiger partial charge >= 0.3 is 0 Å². The highest BCUT2D eigenvalue weighted by Crippen LogP contribution is 2.34. The molecule has 3 rings (SSSR count). The van der Waals surface area contributed by atoms with Crippen LogP contribution in [0.15, 0.2) is 48.5 Å². The number of likely N-dealkylation sites (N-methyl/N-ethyl adjacent to an activating group) is 1. The van der Waals surface area contributed by atoms with E-state index in [-0.39, 0.29) is 5.54 Å². The van der Waals surface area contributed by atoms with E-state index in [1.165, 1.54) is 22.3 Å². The van der Waals surface area contributed by atoms with Crippen molar-refractivity contribution in [1.82, 2.24) is 4.90 Å². The quantitative estimate of drug-likeness (QED) is 0.933. The maximum Gasteiger partial charge on any atom is 0.0412 e. The van der Waals surface area contributed by atoms with Crippen molar-refractivity contribution in [3.05, 3.63) is 70.8 Å². The van der Waals surface area contributed by atoms with Crippen LogP contribution in [0.1, 0.15) is 22.3 Å². The first-order valence-corrected chi connectivity index (χ1v) is 7.67. The number of hydrogen-bond acceptors (Lipinski definition) is 2. The molecule has 2 heteroatoms. The molecule has 0 atom stereocenters. The van der Waals surface area contributed by atoms with Crippen molar-refractivity contribution in [2.24, 2.45) is 5.73 Å². The van der Waals surface area contributed by atoms with Gasteiger partial charge in [0.15, 0.2) is 0 Å². The van der Waals surface area contributed by atoms with E-state index in [0.29, 0.717) is 6.54 Å². The Morgan fingerprint density at radius 1 is 1.00 bits per heavy atom. The van der Waals surface area contributed by atoms with E-state index in [0.717, 1.165) is 19.4 Å². The maximum absolute atomic E-state index is 6.19. The van der Waals surface area contributed by atoms with Crippen molar-refractivity contribution in [1.29, 1.82) is 0 Å². The fourth-order valence-electron chi connectivity index (χ4n) is 3.38. The maximum atomic E-state index is 6.19. The molecule has 0 aliphatic heterocycles. The lowest BCUT2D eigenvalue weighted by atomic mass is 9.93. The Morgan fingerprint density at radius 2 is 1.57 bits per heavy atom. The predicted octanol–water partition coefficient (Wildman–Crippen LogP) is 2.92. The standard InChI is InChI=1S/C19H24N2/c1-15-7-9-16(10-8-15)13-21(2)19(14-20)11-17-5-3-4-6-18(17)12-19/h3-10H,11-14,20H2,1-2H3. The lowest BCUT2D eigenvalue weighted by Gasteiger charge is -2.38. The highest BCUT2D eigenvalue weighted by molar-refractivity contribution is 5.37. The van der Waals surface area contributed by atoms with Gasteiger partial charge in [0.05, 0.1) is 0 Å². The summed E-state index contributed by atoms with van der Waals surface area (Å²) in [4.78, 5) is 2.44. The monoisotopic (exact) mass is 280 g/mol. The van der Waals surface area contributed by atoms with E-state index in [1.807, 2.05) is 0 Å². The molecule has 1 aliphatic rings. The number of aryl methyl sites for hydroxylation is 1. The largest absolute Gasteiger partial charge is 0.329 e. The molecule has 0 saturated heterocycles. The third-order valence-corrected chi connectivity index (χ3v) is 4.89. The van der Waals surface area contributed by atoms with Gasteiger partial charge in [0.1, 0.15) is 0 Å². The molecule has 0 amide bonds. The molecule has 0 aromatic heterocycles. The van der Waals surface area contributed by atoms with Gasteiger partial charge in [-0.25, -0.2) is 0 Å². The summed E-state index contributed by atoms with van der Waals surface area (Å²) in [6, 6.07) is 17.6. The van der Waals surface area contributed by atoms with Gasteiger partial charge in [-0.3, -0.25) is 4.90 Å². The van der Waals surface area contributed by atoms with Crippen LogP contribution in [0, 0.1) is 6.92 Å². The fraction of sp³-hybridized carbons (Fsp3) is 0.368. The molecule has 110 valence electrons. The van der Waals surface area contributed by atoms with Crippen LogP contribution in [0.3, 0.4) is 0 Å². The summed E-state index contributed by atoms with van der Waals surface area (Å²) < 4.78 is 0. The van der Waals surface area contributed by atoms with Gasteiger partial charge in [-0.1, -0.05) is 54.1 Å². The summed E-state index contributed by atoms with van der Waals surface area (Å²) in [7, 11) is 2.21. The van der Waals surface area contributed by atoms with Crippen LogP contribution >= 0.6 is 0 Å². The van der Waals surface area contributed by atoms with Crippen molar-refractivity contribution >= 4 is 0 Å². The van der Waals surface area contributed by atoms with E-state index < -0.39 is 0 Å². The highest BCUT2D eigenvalue weighted by atomic mass is 15.2. The fourth-order valence-corrected chi connectivity index (χ4v) is 3.38. The minimum absolute atomic E-state index is 0.0641. The topological polar surface area (TPSA) is 29.3 Å². The molecular formula is C19H24N2. The Morgan fingerprint density at radius 3 is 2.10 bits per heavy atom. The molecule has 2 aromatic rings. The predicted molar refractivity (Wildman–Crippen MR) is 88.3 cm³/mol. The van der Waals surface area contributed by atoms with E-state index in [1.54, 1.807) is 0 Å². The van der Waals surface area contributed by atoms with Gasteiger partial charge < -0.3 is 5.73 Å². The normalized spacial score (nSPS) is 16.2. The lowest BCUT2D eigenvalue weighted by Crippen LogP contribution is -2.52. The van der Waals surface area contributed by atoms with Crippen LogP contribution in [0.5, 0.6) is 0 Å².